The lowest BCUT2D eigenvalue weighted by atomic mass is 9.97. The number of nitrogens with zero attached hydrogens (tertiary/aromatic N) is 1. The third-order valence-corrected chi connectivity index (χ3v) is 3.85. The maximum atomic E-state index is 5.56. The lowest BCUT2D eigenvalue weighted by Crippen LogP contribution is -2.28. The van der Waals surface area contributed by atoms with E-state index in [1.807, 2.05) is 0 Å². The van der Waals surface area contributed by atoms with Crippen LogP contribution in [0.15, 0.2) is 12.1 Å². The molecule has 1 aromatic carbocycles. The summed E-state index contributed by atoms with van der Waals surface area (Å²) in [6, 6.07) is 4.33. The van der Waals surface area contributed by atoms with Crippen LogP contribution in [-0.2, 0) is 13.0 Å². The van der Waals surface area contributed by atoms with Crippen LogP contribution in [0.3, 0.4) is 0 Å². The van der Waals surface area contributed by atoms with Gasteiger partial charge >= 0.3 is 0 Å². The third kappa shape index (κ3) is 1.89. The van der Waals surface area contributed by atoms with E-state index in [-0.39, 0.29) is 0 Å². The van der Waals surface area contributed by atoms with E-state index in [4.69, 9.17) is 4.74 Å². The summed E-state index contributed by atoms with van der Waals surface area (Å²) in [7, 11) is 1.78. The van der Waals surface area contributed by atoms with Crippen LogP contribution >= 0.6 is 0 Å². The summed E-state index contributed by atoms with van der Waals surface area (Å²) in [5.74, 6) is 1.05. The zero-order valence-corrected chi connectivity index (χ0v) is 10.5. The predicted molar refractivity (Wildman–Crippen MR) is 69.9 cm³/mol. The predicted octanol–water partition coefficient (Wildman–Crippen LogP) is 1.94. The van der Waals surface area contributed by atoms with Crippen molar-refractivity contribution in [3.63, 3.8) is 0 Å². The van der Waals surface area contributed by atoms with E-state index in [0.29, 0.717) is 0 Å². The number of anilines is 1. The molecule has 3 heteroatoms. The minimum absolute atomic E-state index is 1.00. The summed E-state index contributed by atoms with van der Waals surface area (Å²) in [6.07, 6.45) is 3.74. The second kappa shape index (κ2) is 4.57. The Morgan fingerprint density at radius 3 is 2.82 bits per heavy atom. The van der Waals surface area contributed by atoms with Gasteiger partial charge in [0.1, 0.15) is 5.75 Å². The molecule has 0 atom stereocenters. The van der Waals surface area contributed by atoms with Gasteiger partial charge in [0.25, 0.3) is 0 Å². The molecule has 0 unspecified atom stereocenters. The van der Waals surface area contributed by atoms with Crippen LogP contribution in [0.2, 0.25) is 0 Å². The van der Waals surface area contributed by atoms with E-state index in [2.05, 4.69) is 22.3 Å². The average molecular weight is 232 g/mol. The molecule has 2 aliphatic heterocycles. The standard InChI is InChI=1S/C14H20N2O/c1-17-13-5-4-11-10-15-7-6-12(11)14(13)16-8-2-3-9-16/h4-5,15H,2-3,6-10H2,1H3. The highest BCUT2D eigenvalue weighted by atomic mass is 16.5. The van der Waals surface area contributed by atoms with E-state index >= 15 is 0 Å². The van der Waals surface area contributed by atoms with Crippen molar-refractivity contribution in [2.24, 2.45) is 0 Å². The van der Waals surface area contributed by atoms with E-state index < -0.39 is 0 Å². The molecular weight excluding hydrogens is 212 g/mol. The van der Waals surface area contributed by atoms with Gasteiger partial charge in [0, 0.05) is 19.6 Å². The summed E-state index contributed by atoms with van der Waals surface area (Å²) in [4.78, 5) is 2.50. The largest absolute Gasteiger partial charge is 0.495 e. The Bertz CT molecular complexity index is 411. The van der Waals surface area contributed by atoms with Gasteiger partial charge in [0.15, 0.2) is 0 Å². The molecule has 1 aromatic rings. The minimum Gasteiger partial charge on any atom is -0.495 e. The molecule has 3 nitrogen and oxygen atoms in total. The number of fused-ring (bicyclic) bond motifs is 1. The van der Waals surface area contributed by atoms with Crippen molar-refractivity contribution >= 4 is 5.69 Å². The number of hydrogen-bond acceptors (Lipinski definition) is 3. The molecule has 17 heavy (non-hydrogen) atoms. The monoisotopic (exact) mass is 232 g/mol. The summed E-state index contributed by atoms with van der Waals surface area (Å²) in [5, 5.41) is 3.44. The van der Waals surface area contributed by atoms with E-state index in [0.717, 1.165) is 25.3 Å². The Morgan fingerprint density at radius 2 is 2.06 bits per heavy atom. The molecule has 1 N–H and O–H groups in total. The van der Waals surface area contributed by atoms with Crippen LogP contribution in [0.1, 0.15) is 24.0 Å². The smallest absolute Gasteiger partial charge is 0.142 e. The molecule has 3 rings (SSSR count). The molecule has 2 heterocycles. The topological polar surface area (TPSA) is 24.5 Å². The van der Waals surface area contributed by atoms with Crippen molar-refractivity contribution in [1.29, 1.82) is 0 Å². The van der Waals surface area contributed by atoms with Crippen LogP contribution in [0.5, 0.6) is 5.75 Å². The van der Waals surface area contributed by atoms with Crippen molar-refractivity contribution in [3.05, 3.63) is 23.3 Å². The molecule has 92 valence electrons. The molecule has 0 radical (unpaired) electrons. The van der Waals surface area contributed by atoms with E-state index in [9.17, 15) is 0 Å². The van der Waals surface area contributed by atoms with Crippen molar-refractivity contribution < 1.29 is 4.74 Å². The quantitative estimate of drug-likeness (QED) is 0.843. The first-order valence-electron chi connectivity index (χ1n) is 6.54. The Kier molecular flexibility index (Phi) is 2.93. The zero-order chi connectivity index (χ0) is 11.7. The summed E-state index contributed by atoms with van der Waals surface area (Å²) in [5.41, 5.74) is 4.31. The number of methoxy groups -OCH3 is 1. The van der Waals surface area contributed by atoms with Gasteiger partial charge in [-0.3, -0.25) is 0 Å². The number of rotatable bonds is 2. The Hall–Kier alpha value is -1.22. The highest BCUT2D eigenvalue weighted by Gasteiger charge is 2.23. The van der Waals surface area contributed by atoms with E-state index in [1.165, 1.54) is 42.7 Å². The second-order valence-corrected chi connectivity index (χ2v) is 4.88. The first kappa shape index (κ1) is 10.9. The van der Waals surface area contributed by atoms with E-state index in [1.54, 1.807) is 7.11 Å². The summed E-state index contributed by atoms with van der Waals surface area (Å²) >= 11 is 0. The molecule has 2 aliphatic rings. The first-order valence-corrected chi connectivity index (χ1v) is 6.54. The van der Waals surface area contributed by atoms with Gasteiger partial charge < -0.3 is 15.0 Å². The fourth-order valence-corrected chi connectivity index (χ4v) is 2.99. The minimum atomic E-state index is 1.00. The SMILES string of the molecule is COc1ccc2c(c1N1CCCC1)CCNC2. The van der Waals surface area contributed by atoms with Gasteiger partial charge in [0.05, 0.1) is 12.8 Å². The van der Waals surface area contributed by atoms with Crippen molar-refractivity contribution in [2.45, 2.75) is 25.8 Å². The van der Waals surface area contributed by atoms with Crippen LogP contribution in [0, 0.1) is 0 Å². The molecule has 0 saturated carbocycles. The van der Waals surface area contributed by atoms with Gasteiger partial charge in [-0.05, 0) is 43.0 Å². The van der Waals surface area contributed by atoms with Crippen LogP contribution in [0.25, 0.3) is 0 Å². The molecule has 0 amide bonds. The van der Waals surface area contributed by atoms with Gasteiger partial charge in [0.2, 0.25) is 0 Å². The number of hydrogen-bond donors (Lipinski definition) is 1. The summed E-state index contributed by atoms with van der Waals surface area (Å²) in [6.45, 7) is 4.45. The molecular formula is C14H20N2O. The van der Waals surface area contributed by atoms with Gasteiger partial charge in [-0.15, -0.1) is 0 Å². The third-order valence-electron chi connectivity index (χ3n) is 3.85. The molecule has 0 aliphatic carbocycles. The van der Waals surface area contributed by atoms with Crippen LogP contribution < -0.4 is 15.0 Å². The lowest BCUT2D eigenvalue weighted by molar-refractivity contribution is 0.413. The second-order valence-electron chi connectivity index (χ2n) is 4.88. The average Bonchev–Trinajstić information content (AvgIpc) is 2.91. The fourth-order valence-electron chi connectivity index (χ4n) is 2.99. The highest BCUT2D eigenvalue weighted by molar-refractivity contribution is 5.67. The lowest BCUT2D eigenvalue weighted by Gasteiger charge is -2.28. The van der Waals surface area contributed by atoms with Gasteiger partial charge in [-0.2, -0.15) is 0 Å². The Morgan fingerprint density at radius 1 is 1.24 bits per heavy atom. The maximum absolute atomic E-state index is 5.56. The van der Waals surface area contributed by atoms with Gasteiger partial charge in [-0.1, -0.05) is 6.07 Å². The molecule has 1 fully saturated rings. The van der Waals surface area contributed by atoms with Crippen molar-refractivity contribution in [2.75, 3.05) is 31.6 Å². The number of benzene rings is 1. The fraction of sp³-hybridized carbons (Fsp3) is 0.571. The van der Waals surface area contributed by atoms with Crippen molar-refractivity contribution in [1.82, 2.24) is 5.32 Å². The first-order chi connectivity index (χ1) is 8.40. The normalized spacial score (nSPS) is 19.2. The molecule has 0 aromatic heterocycles. The van der Waals surface area contributed by atoms with Crippen molar-refractivity contribution in [3.8, 4) is 5.75 Å². The zero-order valence-electron chi connectivity index (χ0n) is 10.5. The molecule has 0 bridgehead atoms. The van der Waals surface area contributed by atoms with Gasteiger partial charge in [-0.25, -0.2) is 0 Å². The molecule has 1 saturated heterocycles. The number of ether oxygens (including phenoxy) is 1. The number of nitrogens with one attached hydrogen (secondary N) is 1. The maximum Gasteiger partial charge on any atom is 0.142 e. The Labute approximate surface area is 103 Å². The summed E-state index contributed by atoms with van der Waals surface area (Å²) < 4.78 is 5.56. The molecule has 0 spiro atoms. The highest BCUT2D eigenvalue weighted by Crippen LogP contribution is 2.37. The van der Waals surface area contributed by atoms with Crippen LogP contribution in [0.4, 0.5) is 5.69 Å². The Balaban J connectivity index is 2.07. The van der Waals surface area contributed by atoms with Crippen LogP contribution in [-0.4, -0.2) is 26.7 Å².